The Morgan fingerprint density at radius 2 is 2.00 bits per heavy atom. The third-order valence-electron chi connectivity index (χ3n) is 4.02. The third kappa shape index (κ3) is 5.39. The Labute approximate surface area is 130 Å². The number of carbonyl (C=O) groups is 2. The molecule has 120 valence electrons. The zero-order chi connectivity index (χ0) is 15.9. The average Bonchev–Trinajstić information content (AvgIpc) is 2.46. The first-order valence-corrected chi connectivity index (χ1v) is 7.77. The molecule has 0 spiro atoms. The fourth-order valence-electron chi connectivity index (χ4n) is 3.00. The average molecular weight is 305 g/mol. The van der Waals surface area contributed by atoms with E-state index < -0.39 is 5.97 Å². The van der Waals surface area contributed by atoms with Gasteiger partial charge in [0.05, 0.1) is 0 Å². The van der Waals surface area contributed by atoms with Gasteiger partial charge in [-0.05, 0) is 48.9 Å². The number of hydrogen-bond acceptors (Lipinski definition) is 3. The first kappa shape index (κ1) is 16.3. The van der Waals surface area contributed by atoms with Gasteiger partial charge in [0.25, 0.3) is 0 Å². The zero-order valence-corrected chi connectivity index (χ0v) is 12.9. The van der Waals surface area contributed by atoms with Gasteiger partial charge in [-0.3, -0.25) is 4.79 Å². The van der Waals surface area contributed by atoms with Gasteiger partial charge in [-0.1, -0.05) is 19.8 Å². The number of carboxylic acid groups (broad SMARTS) is 1. The minimum atomic E-state index is -1.01. The Morgan fingerprint density at radius 3 is 2.64 bits per heavy atom. The topological polar surface area (TPSA) is 75.6 Å². The normalized spacial score (nSPS) is 21.1. The Balaban J connectivity index is 1.79. The Bertz CT molecular complexity index is 512. The first-order valence-electron chi connectivity index (χ1n) is 7.77. The second kappa shape index (κ2) is 7.82. The Hall–Kier alpha value is -2.04. The van der Waals surface area contributed by atoms with E-state index in [1.54, 1.807) is 24.3 Å². The van der Waals surface area contributed by atoms with Gasteiger partial charge >= 0.3 is 5.97 Å². The minimum absolute atomic E-state index is 0.0401. The summed E-state index contributed by atoms with van der Waals surface area (Å²) in [5.41, 5.74) is 0.705. The summed E-state index contributed by atoms with van der Waals surface area (Å²) in [4.78, 5) is 22.5. The van der Waals surface area contributed by atoms with Gasteiger partial charge in [-0.25, -0.2) is 4.79 Å². The van der Waals surface area contributed by atoms with Crippen LogP contribution < -0.4 is 10.1 Å². The standard InChI is InChI=1S/C17H23NO4/c1-12-3-2-4-13(9-12)10-16(19)18-14-5-7-15(8-6-14)22-11-17(20)21/h5-8,12-13H,2-4,9-11H2,1H3,(H,18,19)(H,20,21). The van der Waals surface area contributed by atoms with Gasteiger partial charge in [0.15, 0.2) is 6.61 Å². The minimum Gasteiger partial charge on any atom is -0.482 e. The van der Waals surface area contributed by atoms with Crippen molar-refractivity contribution in [2.75, 3.05) is 11.9 Å². The van der Waals surface area contributed by atoms with Crippen LogP contribution in [0.4, 0.5) is 5.69 Å². The summed E-state index contributed by atoms with van der Waals surface area (Å²) in [6.45, 7) is 1.88. The summed E-state index contributed by atoms with van der Waals surface area (Å²) in [6.07, 6.45) is 5.33. The summed E-state index contributed by atoms with van der Waals surface area (Å²) in [5.74, 6) is 0.707. The highest BCUT2D eigenvalue weighted by molar-refractivity contribution is 5.90. The number of hydrogen-bond donors (Lipinski definition) is 2. The van der Waals surface area contributed by atoms with Crippen LogP contribution in [0, 0.1) is 11.8 Å². The van der Waals surface area contributed by atoms with E-state index in [4.69, 9.17) is 9.84 Å². The lowest BCUT2D eigenvalue weighted by molar-refractivity contribution is -0.139. The molecule has 0 heterocycles. The van der Waals surface area contributed by atoms with Crippen molar-refractivity contribution in [3.8, 4) is 5.75 Å². The molecule has 0 aromatic heterocycles. The van der Waals surface area contributed by atoms with Crippen LogP contribution in [0.1, 0.15) is 39.0 Å². The molecule has 1 aromatic rings. The fourth-order valence-corrected chi connectivity index (χ4v) is 3.00. The van der Waals surface area contributed by atoms with E-state index in [9.17, 15) is 9.59 Å². The quantitative estimate of drug-likeness (QED) is 0.845. The van der Waals surface area contributed by atoms with Crippen LogP contribution in [-0.2, 0) is 9.59 Å². The second-order valence-electron chi connectivity index (χ2n) is 6.10. The number of ether oxygens (including phenoxy) is 1. The summed E-state index contributed by atoms with van der Waals surface area (Å²) in [7, 11) is 0. The number of nitrogens with one attached hydrogen (secondary N) is 1. The highest BCUT2D eigenvalue weighted by Gasteiger charge is 2.21. The molecule has 1 aliphatic carbocycles. The van der Waals surface area contributed by atoms with Crippen molar-refractivity contribution in [2.24, 2.45) is 11.8 Å². The van der Waals surface area contributed by atoms with Crippen molar-refractivity contribution in [2.45, 2.75) is 39.0 Å². The molecule has 1 fully saturated rings. The molecule has 2 rings (SSSR count). The van der Waals surface area contributed by atoms with Gasteiger partial charge in [0, 0.05) is 12.1 Å². The molecule has 0 saturated heterocycles. The molecule has 2 unspecified atom stereocenters. The number of benzene rings is 1. The predicted octanol–water partition coefficient (Wildman–Crippen LogP) is 3.30. The maximum absolute atomic E-state index is 12.1. The van der Waals surface area contributed by atoms with Crippen LogP contribution in [0.5, 0.6) is 5.75 Å². The summed E-state index contributed by atoms with van der Waals surface area (Å²) in [5, 5.41) is 11.4. The molecule has 1 amide bonds. The summed E-state index contributed by atoms with van der Waals surface area (Å²) >= 11 is 0. The van der Waals surface area contributed by atoms with E-state index >= 15 is 0 Å². The lowest BCUT2D eigenvalue weighted by Gasteiger charge is -2.26. The van der Waals surface area contributed by atoms with E-state index in [2.05, 4.69) is 12.2 Å². The molecule has 2 N–H and O–H groups in total. The molecular weight excluding hydrogens is 282 g/mol. The van der Waals surface area contributed by atoms with E-state index in [0.29, 0.717) is 23.8 Å². The molecular formula is C17H23NO4. The molecule has 22 heavy (non-hydrogen) atoms. The van der Waals surface area contributed by atoms with Crippen LogP contribution in [0.3, 0.4) is 0 Å². The van der Waals surface area contributed by atoms with Crippen LogP contribution in [0.15, 0.2) is 24.3 Å². The number of aliphatic carboxylic acids is 1. The summed E-state index contributed by atoms with van der Waals surface area (Å²) in [6, 6.07) is 6.75. The number of amides is 1. The predicted molar refractivity (Wildman–Crippen MR) is 83.9 cm³/mol. The van der Waals surface area contributed by atoms with E-state index in [-0.39, 0.29) is 12.5 Å². The van der Waals surface area contributed by atoms with Crippen molar-refractivity contribution in [3.63, 3.8) is 0 Å². The Morgan fingerprint density at radius 1 is 1.27 bits per heavy atom. The fraction of sp³-hybridized carbons (Fsp3) is 0.529. The van der Waals surface area contributed by atoms with Gasteiger partial charge in [-0.15, -0.1) is 0 Å². The number of carboxylic acids is 1. The smallest absolute Gasteiger partial charge is 0.341 e. The van der Waals surface area contributed by atoms with Crippen molar-refractivity contribution in [1.82, 2.24) is 0 Å². The van der Waals surface area contributed by atoms with E-state index in [0.717, 1.165) is 18.8 Å². The first-order chi connectivity index (χ1) is 10.5. The van der Waals surface area contributed by atoms with Crippen molar-refractivity contribution < 1.29 is 19.4 Å². The highest BCUT2D eigenvalue weighted by Crippen LogP contribution is 2.30. The molecule has 5 heteroatoms. The van der Waals surface area contributed by atoms with Gasteiger partial charge in [0.1, 0.15) is 5.75 Å². The molecule has 1 aliphatic rings. The van der Waals surface area contributed by atoms with Crippen molar-refractivity contribution in [1.29, 1.82) is 0 Å². The summed E-state index contributed by atoms with van der Waals surface area (Å²) < 4.78 is 5.05. The maximum Gasteiger partial charge on any atom is 0.341 e. The maximum atomic E-state index is 12.1. The van der Waals surface area contributed by atoms with Gasteiger partial charge in [0.2, 0.25) is 5.91 Å². The molecule has 0 bridgehead atoms. The second-order valence-corrected chi connectivity index (χ2v) is 6.10. The van der Waals surface area contributed by atoms with Crippen LogP contribution in [0.2, 0.25) is 0 Å². The van der Waals surface area contributed by atoms with Crippen LogP contribution >= 0.6 is 0 Å². The van der Waals surface area contributed by atoms with Gasteiger partial charge in [-0.2, -0.15) is 0 Å². The zero-order valence-electron chi connectivity index (χ0n) is 12.9. The molecule has 2 atom stereocenters. The molecule has 1 saturated carbocycles. The highest BCUT2D eigenvalue weighted by atomic mass is 16.5. The number of rotatable bonds is 6. The molecule has 1 aromatic carbocycles. The number of carbonyl (C=O) groups excluding carboxylic acids is 1. The van der Waals surface area contributed by atoms with Crippen LogP contribution in [0.25, 0.3) is 0 Å². The van der Waals surface area contributed by atoms with Crippen molar-refractivity contribution >= 4 is 17.6 Å². The van der Waals surface area contributed by atoms with E-state index in [1.807, 2.05) is 0 Å². The molecule has 0 aliphatic heterocycles. The molecule has 5 nitrogen and oxygen atoms in total. The third-order valence-corrected chi connectivity index (χ3v) is 4.02. The van der Waals surface area contributed by atoms with Crippen molar-refractivity contribution in [3.05, 3.63) is 24.3 Å². The number of anilines is 1. The largest absolute Gasteiger partial charge is 0.482 e. The lowest BCUT2D eigenvalue weighted by atomic mass is 9.81. The lowest BCUT2D eigenvalue weighted by Crippen LogP contribution is -2.20. The van der Waals surface area contributed by atoms with Gasteiger partial charge < -0.3 is 15.2 Å². The SMILES string of the molecule is CC1CCCC(CC(=O)Nc2ccc(OCC(=O)O)cc2)C1. The van der Waals surface area contributed by atoms with Crippen LogP contribution in [-0.4, -0.2) is 23.6 Å². The Kier molecular flexibility index (Phi) is 5.81. The van der Waals surface area contributed by atoms with E-state index in [1.165, 1.54) is 12.8 Å². The monoisotopic (exact) mass is 305 g/mol. The molecule has 0 radical (unpaired) electrons.